The van der Waals surface area contributed by atoms with E-state index in [1.165, 1.54) is 11.3 Å². The first-order valence-corrected chi connectivity index (χ1v) is 8.38. The third kappa shape index (κ3) is 3.92. The van der Waals surface area contributed by atoms with Crippen molar-refractivity contribution < 1.29 is 9.53 Å². The van der Waals surface area contributed by atoms with E-state index in [1.54, 1.807) is 5.38 Å². The highest BCUT2D eigenvalue weighted by atomic mass is 32.1. The van der Waals surface area contributed by atoms with Gasteiger partial charge in [-0.25, -0.2) is 4.98 Å². The van der Waals surface area contributed by atoms with E-state index in [0.717, 1.165) is 21.5 Å². The molecule has 0 spiro atoms. The second kappa shape index (κ2) is 7.62. The molecule has 1 aromatic heterocycles. The lowest BCUT2D eigenvalue weighted by atomic mass is 10.1. The Balaban J connectivity index is 1.50. The average Bonchev–Trinajstić information content (AvgIpc) is 3.04. The molecule has 0 aliphatic heterocycles. The average molecular weight is 336 g/mol. The van der Waals surface area contributed by atoms with Crippen LogP contribution < -0.4 is 10.1 Å². The van der Waals surface area contributed by atoms with Crippen molar-refractivity contribution in [2.24, 2.45) is 0 Å². The largest absolute Gasteiger partial charge is 0.480 e. The van der Waals surface area contributed by atoms with Crippen molar-refractivity contribution in [2.45, 2.75) is 6.92 Å². The normalized spacial score (nSPS) is 10.0. The third-order valence-electron chi connectivity index (χ3n) is 3.36. The number of fused-ring (bicyclic) bond motifs is 1. The molecule has 0 fully saturated rings. The molecule has 0 saturated carbocycles. The molecule has 0 saturated heterocycles. The van der Waals surface area contributed by atoms with E-state index >= 15 is 0 Å². The highest BCUT2D eigenvalue weighted by Gasteiger charge is 2.07. The van der Waals surface area contributed by atoms with Crippen LogP contribution in [0.4, 0.5) is 0 Å². The summed E-state index contributed by atoms with van der Waals surface area (Å²) in [6.07, 6.45) is 0. The summed E-state index contributed by atoms with van der Waals surface area (Å²) in [4.78, 5) is 15.9. The zero-order chi connectivity index (χ0) is 16.8. The summed E-state index contributed by atoms with van der Waals surface area (Å²) in [5.41, 5.74) is 0.436. The smallest absolute Gasteiger partial charge is 0.271 e. The van der Waals surface area contributed by atoms with Gasteiger partial charge in [-0.2, -0.15) is 0 Å². The van der Waals surface area contributed by atoms with Crippen LogP contribution in [0.5, 0.6) is 5.75 Å². The molecule has 1 N–H and O–H groups in total. The fourth-order valence-corrected chi connectivity index (χ4v) is 2.82. The van der Waals surface area contributed by atoms with Gasteiger partial charge in [0.2, 0.25) is 0 Å². The van der Waals surface area contributed by atoms with Crippen LogP contribution in [0, 0.1) is 18.8 Å². The molecule has 1 amide bonds. The molecule has 0 atom stereocenters. The predicted octanol–water partition coefficient (Wildman–Crippen LogP) is 3.42. The molecule has 0 radical (unpaired) electrons. The highest BCUT2D eigenvalue weighted by molar-refractivity contribution is 7.09. The van der Waals surface area contributed by atoms with Crippen LogP contribution in [-0.2, 0) is 0 Å². The van der Waals surface area contributed by atoms with Crippen molar-refractivity contribution in [3.63, 3.8) is 0 Å². The molecule has 0 bridgehead atoms. The summed E-state index contributed by atoms with van der Waals surface area (Å²) in [6.45, 7) is 2.42. The van der Waals surface area contributed by atoms with Crippen molar-refractivity contribution in [3.8, 4) is 17.6 Å². The second-order valence-corrected chi connectivity index (χ2v) is 6.12. The molecule has 3 rings (SSSR count). The van der Waals surface area contributed by atoms with E-state index in [9.17, 15) is 4.79 Å². The van der Waals surface area contributed by atoms with Gasteiger partial charge in [-0.05, 0) is 18.4 Å². The number of rotatable bonds is 4. The molecule has 5 heteroatoms. The number of thiazole rings is 1. The minimum Gasteiger partial charge on any atom is -0.480 e. The molecule has 0 aliphatic carbocycles. The first-order valence-electron chi connectivity index (χ1n) is 7.50. The van der Waals surface area contributed by atoms with Crippen LogP contribution in [0.2, 0.25) is 0 Å². The first-order chi connectivity index (χ1) is 11.7. The summed E-state index contributed by atoms with van der Waals surface area (Å²) in [5.74, 6) is 6.39. The van der Waals surface area contributed by atoms with Crippen LogP contribution in [0.3, 0.4) is 0 Å². The standard InChI is InChI=1S/C19H16N2O2S/c1-14-21-17(13-24-14)19(22)20-11-4-5-12-23-18-10-6-8-15-7-2-3-9-16(15)18/h2-3,6-10,13H,11-12H2,1H3,(H,20,22). The maximum atomic E-state index is 11.8. The number of aryl methyl sites for hydroxylation is 1. The fourth-order valence-electron chi connectivity index (χ4n) is 2.23. The van der Waals surface area contributed by atoms with E-state index in [2.05, 4.69) is 22.1 Å². The predicted molar refractivity (Wildman–Crippen MR) is 96.4 cm³/mol. The minimum absolute atomic E-state index is 0.205. The number of nitrogens with zero attached hydrogens (tertiary/aromatic N) is 1. The SMILES string of the molecule is Cc1nc(C(=O)NCC#CCOc2cccc3ccccc23)cs1. The number of hydrogen-bond donors (Lipinski definition) is 1. The lowest BCUT2D eigenvalue weighted by Gasteiger charge is -2.06. The molecule has 4 nitrogen and oxygen atoms in total. The van der Waals surface area contributed by atoms with Gasteiger partial charge in [-0.3, -0.25) is 4.79 Å². The summed E-state index contributed by atoms with van der Waals surface area (Å²) < 4.78 is 5.72. The Bertz CT molecular complexity index is 916. The van der Waals surface area contributed by atoms with Gasteiger partial charge in [0.1, 0.15) is 18.1 Å². The van der Waals surface area contributed by atoms with E-state index in [1.807, 2.05) is 49.4 Å². The third-order valence-corrected chi connectivity index (χ3v) is 4.14. The van der Waals surface area contributed by atoms with Gasteiger partial charge in [0, 0.05) is 10.8 Å². The number of nitrogens with one attached hydrogen (secondary N) is 1. The van der Waals surface area contributed by atoms with Crippen molar-refractivity contribution in [1.82, 2.24) is 10.3 Å². The number of aromatic nitrogens is 1. The van der Waals surface area contributed by atoms with Crippen LogP contribution >= 0.6 is 11.3 Å². The fraction of sp³-hybridized carbons (Fsp3) is 0.158. The molecule has 3 aromatic rings. The van der Waals surface area contributed by atoms with Gasteiger partial charge in [0.05, 0.1) is 11.6 Å². The maximum Gasteiger partial charge on any atom is 0.271 e. The Labute approximate surface area is 144 Å². The minimum atomic E-state index is -0.205. The molecule has 2 aromatic carbocycles. The van der Waals surface area contributed by atoms with Crippen molar-refractivity contribution >= 4 is 28.0 Å². The van der Waals surface area contributed by atoms with Crippen molar-refractivity contribution in [1.29, 1.82) is 0 Å². The number of benzene rings is 2. The van der Waals surface area contributed by atoms with Crippen LogP contribution in [-0.4, -0.2) is 24.0 Å². The number of amides is 1. The lowest BCUT2D eigenvalue weighted by Crippen LogP contribution is -2.23. The zero-order valence-corrected chi connectivity index (χ0v) is 14.0. The zero-order valence-electron chi connectivity index (χ0n) is 13.2. The summed E-state index contributed by atoms with van der Waals surface area (Å²) in [5, 5.41) is 7.52. The number of ether oxygens (including phenoxy) is 1. The Hall–Kier alpha value is -2.84. The van der Waals surface area contributed by atoms with E-state index < -0.39 is 0 Å². The molecule has 0 aliphatic rings. The molecule has 1 heterocycles. The van der Waals surface area contributed by atoms with Crippen LogP contribution in [0.15, 0.2) is 47.8 Å². The van der Waals surface area contributed by atoms with Crippen LogP contribution in [0.1, 0.15) is 15.5 Å². The van der Waals surface area contributed by atoms with Crippen molar-refractivity contribution in [2.75, 3.05) is 13.2 Å². The summed E-state index contributed by atoms with van der Waals surface area (Å²) in [7, 11) is 0. The van der Waals surface area contributed by atoms with Gasteiger partial charge >= 0.3 is 0 Å². The summed E-state index contributed by atoms with van der Waals surface area (Å²) >= 11 is 1.45. The molecule has 24 heavy (non-hydrogen) atoms. The molecule has 120 valence electrons. The van der Waals surface area contributed by atoms with Gasteiger partial charge in [-0.15, -0.1) is 11.3 Å². The molecular weight excluding hydrogens is 320 g/mol. The highest BCUT2D eigenvalue weighted by Crippen LogP contribution is 2.24. The van der Waals surface area contributed by atoms with E-state index in [-0.39, 0.29) is 19.1 Å². The van der Waals surface area contributed by atoms with Crippen LogP contribution in [0.25, 0.3) is 10.8 Å². The maximum absolute atomic E-state index is 11.8. The number of carbonyl (C=O) groups excluding carboxylic acids is 1. The van der Waals surface area contributed by atoms with Gasteiger partial charge < -0.3 is 10.1 Å². The van der Waals surface area contributed by atoms with Gasteiger partial charge in [0.25, 0.3) is 5.91 Å². The van der Waals surface area contributed by atoms with E-state index in [4.69, 9.17) is 4.74 Å². The molecular formula is C19H16N2O2S. The van der Waals surface area contributed by atoms with Crippen molar-refractivity contribution in [3.05, 3.63) is 58.5 Å². The molecule has 0 unspecified atom stereocenters. The monoisotopic (exact) mass is 336 g/mol. The first kappa shape index (κ1) is 16.0. The Morgan fingerprint density at radius 3 is 2.88 bits per heavy atom. The Morgan fingerprint density at radius 1 is 1.21 bits per heavy atom. The lowest BCUT2D eigenvalue weighted by molar-refractivity contribution is 0.0954. The van der Waals surface area contributed by atoms with E-state index in [0.29, 0.717) is 5.69 Å². The van der Waals surface area contributed by atoms with Gasteiger partial charge in [0.15, 0.2) is 0 Å². The quantitative estimate of drug-likeness (QED) is 0.743. The topological polar surface area (TPSA) is 51.2 Å². The number of hydrogen-bond acceptors (Lipinski definition) is 4. The Kier molecular flexibility index (Phi) is 5.09. The van der Waals surface area contributed by atoms with Gasteiger partial charge in [-0.1, -0.05) is 48.2 Å². The Morgan fingerprint density at radius 2 is 2.04 bits per heavy atom. The second-order valence-electron chi connectivity index (χ2n) is 5.05. The summed E-state index contributed by atoms with van der Waals surface area (Å²) in [6, 6.07) is 14.0. The number of carbonyl (C=O) groups is 1.